The Kier molecular flexibility index (Phi) is 3.82. The first kappa shape index (κ1) is 12.4. The lowest BCUT2D eigenvalue weighted by molar-refractivity contribution is -0.129. The van der Waals surface area contributed by atoms with E-state index in [-0.39, 0.29) is 5.91 Å². The minimum atomic E-state index is 0.139. The third-order valence-electron chi connectivity index (χ3n) is 3.18. The zero-order valence-electron chi connectivity index (χ0n) is 10.4. The topological polar surface area (TPSA) is 52.7 Å². The summed E-state index contributed by atoms with van der Waals surface area (Å²) in [6.07, 6.45) is 0.667. The summed E-state index contributed by atoms with van der Waals surface area (Å²) in [5.74, 6) is 0.139. The Bertz CT molecular complexity index is 422. The van der Waals surface area contributed by atoms with E-state index in [4.69, 9.17) is 0 Å². The molecule has 1 heterocycles. The van der Waals surface area contributed by atoms with Gasteiger partial charge in [-0.1, -0.05) is 0 Å². The van der Waals surface area contributed by atoms with E-state index in [1.165, 1.54) is 0 Å². The highest BCUT2D eigenvalue weighted by atomic mass is 16.2. The van der Waals surface area contributed by atoms with Gasteiger partial charge < -0.3 is 15.1 Å². The second-order valence-electron chi connectivity index (χ2n) is 4.30. The van der Waals surface area contributed by atoms with Crippen LogP contribution in [-0.2, 0) is 9.59 Å². The lowest BCUT2D eigenvalue weighted by atomic mass is 10.2. The second-order valence-corrected chi connectivity index (χ2v) is 4.30. The zero-order chi connectivity index (χ0) is 13.0. The quantitative estimate of drug-likeness (QED) is 0.808. The molecule has 0 aromatic heterocycles. The summed E-state index contributed by atoms with van der Waals surface area (Å²) >= 11 is 0. The van der Waals surface area contributed by atoms with Crippen LogP contribution >= 0.6 is 0 Å². The average molecular weight is 247 g/mol. The van der Waals surface area contributed by atoms with Gasteiger partial charge in [-0.15, -0.1) is 0 Å². The lowest BCUT2D eigenvalue weighted by Gasteiger charge is -2.35. The first-order chi connectivity index (χ1) is 8.70. The molecule has 1 aromatic rings. The highest BCUT2D eigenvalue weighted by molar-refractivity contribution is 5.74. The van der Waals surface area contributed by atoms with E-state index in [0.717, 1.165) is 37.6 Å². The number of nitrogens with one attached hydrogen (secondary N) is 1. The van der Waals surface area contributed by atoms with Gasteiger partial charge in [0, 0.05) is 44.5 Å². The maximum absolute atomic E-state index is 11.2. The van der Waals surface area contributed by atoms with Gasteiger partial charge in [0.1, 0.15) is 0 Å². The van der Waals surface area contributed by atoms with Crippen LogP contribution in [0.15, 0.2) is 24.3 Å². The fourth-order valence-electron chi connectivity index (χ4n) is 2.12. The molecule has 1 aliphatic heterocycles. The molecule has 0 saturated carbocycles. The van der Waals surface area contributed by atoms with Crippen molar-refractivity contribution in [2.24, 2.45) is 0 Å². The third-order valence-corrected chi connectivity index (χ3v) is 3.18. The zero-order valence-corrected chi connectivity index (χ0v) is 10.4. The van der Waals surface area contributed by atoms with Crippen molar-refractivity contribution in [2.75, 3.05) is 36.4 Å². The van der Waals surface area contributed by atoms with Gasteiger partial charge >= 0.3 is 0 Å². The number of rotatable bonds is 3. The highest BCUT2D eigenvalue weighted by Crippen LogP contribution is 2.19. The molecule has 0 atom stereocenters. The largest absolute Gasteiger partial charge is 0.368 e. The molecule has 2 amide bonds. The van der Waals surface area contributed by atoms with Gasteiger partial charge in [0.05, 0.1) is 0 Å². The Morgan fingerprint density at radius 3 is 2.28 bits per heavy atom. The number of benzene rings is 1. The fourth-order valence-corrected chi connectivity index (χ4v) is 2.12. The van der Waals surface area contributed by atoms with E-state index in [1.54, 1.807) is 6.92 Å². The van der Waals surface area contributed by atoms with Crippen LogP contribution in [0.4, 0.5) is 11.4 Å². The van der Waals surface area contributed by atoms with Crippen molar-refractivity contribution >= 4 is 23.7 Å². The van der Waals surface area contributed by atoms with Crippen LogP contribution < -0.4 is 10.2 Å². The van der Waals surface area contributed by atoms with Gasteiger partial charge in [0.15, 0.2) is 0 Å². The summed E-state index contributed by atoms with van der Waals surface area (Å²) in [5, 5.41) is 2.61. The summed E-state index contributed by atoms with van der Waals surface area (Å²) in [6.45, 7) is 4.84. The predicted molar refractivity (Wildman–Crippen MR) is 70.6 cm³/mol. The summed E-state index contributed by atoms with van der Waals surface area (Å²) < 4.78 is 0. The van der Waals surface area contributed by atoms with Crippen LogP contribution in [0.2, 0.25) is 0 Å². The Hall–Kier alpha value is -2.04. The summed E-state index contributed by atoms with van der Waals surface area (Å²) in [4.78, 5) is 25.6. The van der Waals surface area contributed by atoms with Gasteiger partial charge in [-0.3, -0.25) is 9.59 Å². The monoisotopic (exact) mass is 247 g/mol. The van der Waals surface area contributed by atoms with E-state index in [2.05, 4.69) is 10.2 Å². The molecule has 96 valence electrons. The van der Waals surface area contributed by atoms with Crippen molar-refractivity contribution in [3.63, 3.8) is 0 Å². The molecule has 1 aromatic carbocycles. The Morgan fingerprint density at radius 2 is 1.78 bits per heavy atom. The van der Waals surface area contributed by atoms with E-state index in [0.29, 0.717) is 6.41 Å². The number of hydrogen-bond donors (Lipinski definition) is 1. The summed E-state index contributed by atoms with van der Waals surface area (Å²) in [5.41, 5.74) is 1.91. The maximum atomic E-state index is 11.2. The molecule has 0 bridgehead atoms. The maximum Gasteiger partial charge on any atom is 0.219 e. The van der Waals surface area contributed by atoms with Crippen molar-refractivity contribution in [3.05, 3.63) is 24.3 Å². The van der Waals surface area contributed by atoms with Crippen LogP contribution in [0.5, 0.6) is 0 Å². The first-order valence-electron chi connectivity index (χ1n) is 6.01. The molecule has 0 spiro atoms. The number of amides is 2. The number of carbonyl (C=O) groups is 2. The van der Waals surface area contributed by atoms with Crippen molar-refractivity contribution < 1.29 is 9.59 Å². The highest BCUT2D eigenvalue weighted by Gasteiger charge is 2.18. The van der Waals surface area contributed by atoms with Crippen molar-refractivity contribution in [1.82, 2.24) is 4.90 Å². The van der Waals surface area contributed by atoms with E-state index in [9.17, 15) is 9.59 Å². The van der Waals surface area contributed by atoms with E-state index >= 15 is 0 Å². The van der Waals surface area contributed by atoms with E-state index < -0.39 is 0 Å². The van der Waals surface area contributed by atoms with Crippen LogP contribution in [0.25, 0.3) is 0 Å². The van der Waals surface area contributed by atoms with Gasteiger partial charge in [0.25, 0.3) is 0 Å². The van der Waals surface area contributed by atoms with Crippen molar-refractivity contribution in [1.29, 1.82) is 0 Å². The molecule has 1 saturated heterocycles. The normalized spacial score (nSPS) is 15.4. The summed E-state index contributed by atoms with van der Waals surface area (Å²) in [6, 6.07) is 7.71. The number of anilines is 2. The van der Waals surface area contributed by atoms with Gasteiger partial charge in [-0.05, 0) is 24.3 Å². The van der Waals surface area contributed by atoms with Crippen molar-refractivity contribution in [3.8, 4) is 0 Å². The smallest absolute Gasteiger partial charge is 0.219 e. The van der Waals surface area contributed by atoms with Crippen LogP contribution in [-0.4, -0.2) is 43.4 Å². The minimum absolute atomic E-state index is 0.139. The second kappa shape index (κ2) is 5.53. The van der Waals surface area contributed by atoms with Crippen molar-refractivity contribution in [2.45, 2.75) is 6.92 Å². The van der Waals surface area contributed by atoms with E-state index in [1.807, 2.05) is 29.2 Å². The molecule has 5 nitrogen and oxygen atoms in total. The summed E-state index contributed by atoms with van der Waals surface area (Å²) in [7, 11) is 0. The Balaban J connectivity index is 1.96. The van der Waals surface area contributed by atoms with Gasteiger partial charge in [-0.25, -0.2) is 0 Å². The number of piperazine rings is 1. The molecule has 2 rings (SSSR count). The Morgan fingerprint density at radius 1 is 1.17 bits per heavy atom. The number of carbonyl (C=O) groups excluding carboxylic acids is 2. The first-order valence-corrected chi connectivity index (χ1v) is 6.01. The standard InChI is InChI=1S/C13H17N3O2/c1-11(18)15-6-8-16(9-7-15)13-4-2-12(3-5-13)14-10-17/h2-5,10H,6-9H2,1H3,(H,14,17). The van der Waals surface area contributed by atoms with Crippen LogP contribution in [0.3, 0.4) is 0 Å². The Labute approximate surface area is 106 Å². The average Bonchev–Trinajstić information content (AvgIpc) is 2.40. The number of hydrogen-bond acceptors (Lipinski definition) is 3. The molecule has 0 aliphatic carbocycles. The number of nitrogens with zero attached hydrogens (tertiary/aromatic N) is 2. The molecular formula is C13H17N3O2. The predicted octanol–water partition coefficient (Wildman–Crippen LogP) is 0.923. The molecule has 18 heavy (non-hydrogen) atoms. The van der Waals surface area contributed by atoms with Crippen LogP contribution in [0, 0.1) is 0 Å². The SMILES string of the molecule is CC(=O)N1CCN(c2ccc(NC=O)cc2)CC1. The van der Waals surface area contributed by atoms with Gasteiger partial charge in [0.2, 0.25) is 12.3 Å². The minimum Gasteiger partial charge on any atom is -0.368 e. The van der Waals surface area contributed by atoms with Crippen LogP contribution in [0.1, 0.15) is 6.92 Å². The molecular weight excluding hydrogens is 230 g/mol. The third kappa shape index (κ3) is 2.80. The lowest BCUT2D eigenvalue weighted by Crippen LogP contribution is -2.48. The fraction of sp³-hybridized carbons (Fsp3) is 0.385. The molecule has 0 radical (unpaired) electrons. The molecule has 1 fully saturated rings. The molecule has 1 aliphatic rings. The molecule has 0 unspecified atom stereocenters. The van der Waals surface area contributed by atoms with Gasteiger partial charge in [-0.2, -0.15) is 0 Å². The molecule has 5 heteroatoms. The molecule has 1 N–H and O–H groups in total.